The first kappa shape index (κ1) is 10.5. The third kappa shape index (κ3) is 3.01. The molecular formula is C10H18N2S. The summed E-state index contributed by atoms with van der Waals surface area (Å²) >= 11 is 1.76. The first-order chi connectivity index (χ1) is 6.05. The van der Waals surface area contributed by atoms with E-state index in [-0.39, 0.29) is 5.54 Å². The van der Waals surface area contributed by atoms with Gasteiger partial charge < -0.3 is 10.6 Å². The molecule has 0 aliphatic carbocycles. The van der Waals surface area contributed by atoms with E-state index in [2.05, 4.69) is 42.9 Å². The van der Waals surface area contributed by atoms with Gasteiger partial charge >= 0.3 is 0 Å². The van der Waals surface area contributed by atoms with E-state index >= 15 is 0 Å². The van der Waals surface area contributed by atoms with Crippen LogP contribution in [0.4, 0.5) is 5.00 Å². The largest absolute Gasteiger partial charge is 0.371 e. The molecular weight excluding hydrogens is 180 g/mol. The number of anilines is 1. The van der Waals surface area contributed by atoms with Crippen LogP contribution < -0.4 is 10.6 Å². The van der Waals surface area contributed by atoms with E-state index in [4.69, 9.17) is 0 Å². The van der Waals surface area contributed by atoms with Crippen LogP contribution in [0.15, 0.2) is 11.4 Å². The zero-order valence-corrected chi connectivity index (χ0v) is 9.59. The summed E-state index contributed by atoms with van der Waals surface area (Å²) in [7, 11) is 1.98. The summed E-state index contributed by atoms with van der Waals surface area (Å²) < 4.78 is 0. The van der Waals surface area contributed by atoms with Crippen molar-refractivity contribution < 1.29 is 0 Å². The van der Waals surface area contributed by atoms with E-state index in [1.54, 1.807) is 11.3 Å². The molecule has 13 heavy (non-hydrogen) atoms. The summed E-state index contributed by atoms with van der Waals surface area (Å²) in [6.45, 7) is 7.49. The maximum Gasteiger partial charge on any atom is 0.0916 e. The number of rotatable bonds is 4. The van der Waals surface area contributed by atoms with Gasteiger partial charge in [-0.05, 0) is 44.8 Å². The van der Waals surface area contributed by atoms with Gasteiger partial charge in [0.1, 0.15) is 0 Å². The Labute approximate surface area is 84.4 Å². The first-order valence-corrected chi connectivity index (χ1v) is 5.40. The van der Waals surface area contributed by atoms with E-state index in [9.17, 15) is 0 Å². The predicted octanol–water partition coefficient (Wildman–Crippen LogP) is 2.47. The molecule has 0 spiro atoms. The molecule has 0 radical (unpaired) electrons. The lowest BCUT2D eigenvalue weighted by Crippen LogP contribution is -2.40. The van der Waals surface area contributed by atoms with Gasteiger partial charge in [0.25, 0.3) is 0 Å². The number of hydrogen-bond acceptors (Lipinski definition) is 3. The minimum absolute atomic E-state index is 0.115. The van der Waals surface area contributed by atoms with Crippen LogP contribution in [0.25, 0.3) is 0 Å². The topological polar surface area (TPSA) is 24.1 Å². The molecule has 0 aliphatic heterocycles. The zero-order chi connectivity index (χ0) is 9.90. The highest BCUT2D eigenvalue weighted by Crippen LogP contribution is 2.25. The summed E-state index contributed by atoms with van der Waals surface area (Å²) in [5.74, 6) is 0. The minimum Gasteiger partial charge on any atom is -0.371 e. The maximum atomic E-state index is 3.52. The quantitative estimate of drug-likeness (QED) is 0.776. The molecule has 0 amide bonds. The molecule has 0 bridgehead atoms. The average Bonchev–Trinajstić information content (AvgIpc) is 2.35. The highest BCUT2D eigenvalue weighted by Gasteiger charge is 2.17. The number of nitrogens with one attached hydrogen (secondary N) is 2. The molecule has 0 unspecified atom stereocenters. The van der Waals surface area contributed by atoms with Gasteiger partial charge in [-0.2, -0.15) is 0 Å². The van der Waals surface area contributed by atoms with Crippen molar-refractivity contribution >= 4 is 16.3 Å². The molecule has 0 atom stereocenters. The van der Waals surface area contributed by atoms with Crippen LogP contribution in [0.2, 0.25) is 0 Å². The smallest absolute Gasteiger partial charge is 0.0916 e. The second-order valence-corrected chi connectivity index (χ2v) is 4.89. The van der Waals surface area contributed by atoms with Gasteiger partial charge in [-0.25, -0.2) is 0 Å². The van der Waals surface area contributed by atoms with Crippen LogP contribution in [0.3, 0.4) is 0 Å². The zero-order valence-electron chi connectivity index (χ0n) is 8.77. The normalized spacial score (nSPS) is 11.7. The average molecular weight is 198 g/mol. The van der Waals surface area contributed by atoms with Crippen molar-refractivity contribution in [2.24, 2.45) is 0 Å². The van der Waals surface area contributed by atoms with E-state index in [0.29, 0.717) is 0 Å². The fourth-order valence-electron chi connectivity index (χ4n) is 1.29. The van der Waals surface area contributed by atoms with Crippen LogP contribution >= 0.6 is 11.3 Å². The Balaban J connectivity index is 2.63. The van der Waals surface area contributed by atoms with Crippen molar-refractivity contribution in [2.75, 3.05) is 18.9 Å². The van der Waals surface area contributed by atoms with Crippen molar-refractivity contribution in [1.82, 2.24) is 5.32 Å². The number of hydrogen-bond donors (Lipinski definition) is 2. The first-order valence-electron chi connectivity index (χ1n) is 4.52. The van der Waals surface area contributed by atoms with Gasteiger partial charge in [0.15, 0.2) is 0 Å². The van der Waals surface area contributed by atoms with Gasteiger partial charge in [0.05, 0.1) is 5.00 Å². The number of aryl methyl sites for hydroxylation is 1. The number of thiophene rings is 1. The third-order valence-electron chi connectivity index (χ3n) is 1.93. The molecule has 1 heterocycles. The van der Waals surface area contributed by atoms with E-state index in [1.165, 1.54) is 10.6 Å². The Morgan fingerprint density at radius 1 is 1.46 bits per heavy atom. The molecule has 2 N–H and O–H groups in total. The highest BCUT2D eigenvalue weighted by molar-refractivity contribution is 7.14. The second kappa shape index (κ2) is 4.11. The summed E-state index contributed by atoms with van der Waals surface area (Å²) in [5, 5.41) is 10.1. The summed E-state index contributed by atoms with van der Waals surface area (Å²) in [6, 6.07) is 2.14. The summed E-state index contributed by atoms with van der Waals surface area (Å²) in [4.78, 5) is 0. The number of likely N-dealkylation sites (N-methyl/N-ethyl adjacent to an activating group) is 1. The Morgan fingerprint density at radius 2 is 2.15 bits per heavy atom. The Bertz CT molecular complexity index is 266. The van der Waals surface area contributed by atoms with Crippen LogP contribution in [0, 0.1) is 6.92 Å². The van der Waals surface area contributed by atoms with Gasteiger partial charge in [-0.15, -0.1) is 11.3 Å². The van der Waals surface area contributed by atoms with Gasteiger partial charge in [0, 0.05) is 12.1 Å². The molecule has 1 aromatic heterocycles. The predicted molar refractivity (Wildman–Crippen MR) is 60.7 cm³/mol. The molecule has 0 saturated heterocycles. The summed E-state index contributed by atoms with van der Waals surface area (Å²) in [5.41, 5.74) is 1.44. The minimum atomic E-state index is 0.115. The van der Waals surface area contributed by atoms with E-state index in [0.717, 1.165) is 6.54 Å². The Hall–Kier alpha value is -0.540. The van der Waals surface area contributed by atoms with Crippen molar-refractivity contribution in [1.29, 1.82) is 0 Å². The molecule has 74 valence electrons. The molecule has 0 aliphatic rings. The fourth-order valence-corrected chi connectivity index (χ4v) is 2.29. The molecule has 1 aromatic rings. The van der Waals surface area contributed by atoms with Crippen molar-refractivity contribution in [2.45, 2.75) is 26.3 Å². The van der Waals surface area contributed by atoms with E-state index in [1.807, 2.05) is 7.05 Å². The van der Waals surface area contributed by atoms with Crippen LogP contribution in [-0.2, 0) is 0 Å². The monoisotopic (exact) mass is 198 g/mol. The molecule has 0 fully saturated rings. The van der Waals surface area contributed by atoms with Gasteiger partial charge in [0.2, 0.25) is 0 Å². The van der Waals surface area contributed by atoms with Crippen LogP contribution in [-0.4, -0.2) is 19.1 Å². The Morgan fingerprint density at radius 3 is 2.62 bits per heavy atom. The lowest BCUT2D eigenvalue weighted by Gasteiger charge is -2.26. The van der Waals surface area contributed by atoms with Crippen LogP contribution in [0.5, 0.6) is 0 Å². The SMILES string of the molecule is CNCC(C)(C)Nc1sccc1C. The summed E-state index contributed by atoms with van der Waals surface area (Å²) in [6.07, 6.45) is 0. The molecule has 0 saturated carbocycles. The molecule has 0 aromatic carbocycles. The van der Waals surface area contributed by atoms with Gasteiger partial charge in [-0.1, -0.05) is 0 Å². The fraction of sp³-hybridized carbons (Fsp3) is 0.600. The lowest BCUT2D eigenvalue weighted by molar-refractivity contribution is 0.531. The van der Waals surface area contributed by atoms with E-state index < -0.39 is 0 Å². The van der Waals surface area contributed by atoms with Gasteiger partial charge in [-0.3, -0.25) is 0 Å². The third-order valence-corrected chi connectivity index (χ3v) is 2.86. The van der Waals surface area contributed by atoms with Crippen molar-refractivity contribution in [3.63, 3.8) is 0 Å². The highest BCUT2D eigenvalue weighted by atomic mass is 32.1. The standard InChI is InChI=1S/C10H18N2S/c1-8-5-6-13-9(8)12-10(2,3)7-11-4/h5-6,11-12H,7H2,1-4H3. The Kier molecular flexibility index (Phi) is 3.33. The van der Waals surface area contributed by atoms with Crippen LogP contribution in [0.1, 0.15) is 19.4 Å². The van der Waals surface area contributed by atoms with Crippen molar-refractivity contribution in [3.05, 3.63) is 17.0 Å². The molecule has 3 heteroatoms. The molecule has 2 nitrogen and oxygen atoms in total. The lowest BCUT2D eigenvalue weighted by atomic mass is 10.1. The van der Waals surface area contributed by atoms with Crippen molar-refractivity contribution in [3.8, 4) is 0 Å². The molecule has 1 rings (SSSR count). The second-order valence-electron chi connectivity index (χ2n) is 3.97. The maximum absolute atomic E-state index is 3.52.